The van der Waals surface area contributed by atoms with Crippen LogP contribution in [0.5, 0.6) is 0 Å². The summed E-state index contributed by atoms with van der Waals surface area (Å²) in [6.07, 6.45) is 6.12. The molecule has 7 heteroatoms. The van der Waals surface area contributed by atoms with Gasteiger partial charge in [0.1, 0.15) is 0 Å². The predicted octanol–water partition coefficient (Wildman–Crippen LogP) is 3.87. The van der Waals surface area contributed by atoms with E-state index >= 15 is 0 Å². The summed E-state index contributed by atoms with van der Waals surface area (Å²) in [6, 6.07) is 0. The summed E-state index contributed by atoms with van der Waals surface area (Å²) in [5, 5.41) is 17.1. The number of carbonyl (C=O) groups is 2. The number of alkyl halides is 2. The number of hydrogen-bond acceptors (Lipinski definition) is 2. The Morgan fingerprint density at radius 2 is 1.74 bits per heavy atom. The zero-order valence-electron chi connectivity index (χ0n) is 13.6. The van der Waals surface area contributed by atoms with Gasteiger partial charge in [-0.15, -0.1) is 0 Å². The molecule has 0 aliphatic heterocycles. The summed E-state index contributed by atoms with van der Waals surface area (Å²) in [5.74, 6) is -5.77. The number of rotatable bonds is 8. The standard InChI is InChI=1S/C8H14F2O2.C8H12O2.Na.H/c1-3-4-6(7(11)12)5-8(2,9)10;1-3-5-7(6-4-2)8(9)10;;/h6H,3-5H2,1-2H3,(H,11,12);3,5-6H,4H2,1-2H3,(H,9,10);;/b;5-3-,7-6+;;. The van der Waals surface area contributed by atoms with E-state index in [4.69, 9.17) is 10.2 Å². The Morgan fingerprint density at radius 1 is 1.22 bits per heavy atom. The maximum atomic E-state index is 12.4. The molecule has 0 aliphatic rings. The van der Waals surface area contributed by atoms with Crippen LogP contribution < -0.4 is 0 Å². The molecule has 0 aromatic carbocycles. The summed E-state index contributed by atoms with van der Waals surface area (Å²) in [6.45, 7) is 6.24. The van der Waals surface area contributed by atoms with Gasteiger partial charge < -0.3 is 10.2 Å². The molecule has 2 N–H and O–H groups in total. The van der Waals surface area contributed by atoms with E-state index in [1.807, 2.05) is 6.92 Å². The first-order valence-electron chi connectivity index (χ1n) is 7.25. The van der Waals surface area contributed by atoms with Crippen molar-refractivity contribution in [2.75, 3.05) is 0 Å². The molecule has 23 heavy (non-hydrogen) atoms. The van der Waals surface area contributed by atoms with Gasteiger partial charge in [-0.25, -0.2) is 13.6 Å². The van der Waals surface area contributed by atoms with Crippen LogP contribution in [-0.4, -0.2) is 57.6 Å². The fourth-order valence-electron chi connectivity index (χ4n) is 1.72. The molecular formula is C16H27F2NaO4. The second-order valence-corrected chi connectivity index (χ2v) is 4.97. The van der Waals surface area contributed by atoms with Gasteiger partial charge in [0.15, 0.2) is 0 Å². The normalized spacial score (nSPS) is 12.9. The van der Waals surface area contributed by atoms with Crippen LogP contribution in [0.15, 0.2) is 23.8 Å². The van der Waals surface area contributed by atoms with Crippen LogP contribution in [0.25, 0.3) is 0 Å². The van der Waals surface area contributed by atoms with Gasteiger partial charge in [-0.2, -0.15) is 0 Å². The fourth-order valence-corrected chi connectivity index (χ4v) is 1.72. The molecule has 0 amide bonds. The zero-order valence-corrected chi connectivity index (χ0v) is 13.6. The second kappa shape index (κ2) is 14.8. The first kappa shape index (κ1) is 27.1. The summed E-state index contributed by atoms with van der Waals surface area (Å²) >= 11 is 0. The van der Waals surface area contributed by atoms with Crippen LogP contribution in [-0.2, 0) is 9.59 Å². The average molecular weight is 344 g/mol. The molecule has 0 aromatic rings. The number of aliphatic carboxylic acids is 2. The third kappa shape index (κ3) is 17.5. The van der Waals surface area contributed by atoms with Gasteiger partial charge in [0.25, 0.3) is 0 Å². The van der Waals surface area contributed by atoms with Crippen LogP contribution in [0.4, 0.5) is 8.78 Å². The Kier molecular flexibility index (Phi) is 17.5. The molecule has 0 aromatic heterocycles. The Hall–Kier alpha value is -0.720. The van der Waals surface area contributed by atoms with E-state index in [1.165, 1.54) is 0 Å². The molecule has 1 atom stereocenters. The van der Waals surface area contributed by atoms with E-state index in [2.05, 4.69) is 0 Å². The number of carboxylic acids is 2. The van der Waals surface area contributed by atoms with Gasteiger partial charge in [0.2, 0.25) is 5.92 Å². The molecule has 0 saturated carbocycles. The Labute approximate surface area is 158 Å². The van der Waals surface area contributed by atoms with Crippen LogP contribution in [0.3, 0.4) is 0 Å². The van der Waals surface area contributed by atoms with E-state index in [-0.39, 0.29) is 29.6 Å². The first-order valence-corrected chi connectivity index (χ1v) is 7.25. The van der Waals surface area contributed by atoms with E-state index < -0.39 is 30.2 Å². The van der Waals surface area contributed by atoms with Gasteiger partial charge >= 0.3 is 41.5 Å². The van der Waals surface area contributed by atoms with Gasteiger partial charge in [-0.05, 0) is 26.7 Å². The Morgan fingerprint density at radius 3 is 2.00 bits per heavy atom. The third-order valence-corrected chi connectivity index (χ3v) is 2.61. The summed E-state index contributed by atoms with van der Waals surface area (Å²) in [4.78, 5) is 20.8. The summed E-state index contributed by atoms with van der Waals surface area (Å²) in [5.41, 5.74) is 0.366. The predicted molar refractivity (Wildman–Crippen MR) is 89.2 cm³/mol. The minimum absolute atomic E-state index is 0. The van der Waals surface area contributed by atoms with Crippen LogP contribution in [0.1, 0.15) is 53.4 Å². The van der Waals surface area contributed by atoms with Crippen LogP contribution in [0.2, 0.25) is 0 Å². The van der Waals surface area contributed by atoms with Gasteiger partial charge in [0, 0.05) is 6.42 Å². The van der Waals surface area contributed by atoms with E-state index in [9.17, 15) is 18.4 Å². The van der Waals surface area contributed by atoms with Crippen molar-refractivity contribution in [3.63, 3.8) is 0 Å². The van der Waals surface area contributed by atoms with E-state index in [0.717, 1.165) is 13.3 Å². The Bertz CT molecular complexity index is 401. The van der Waals surface area contributed by atoms with Gasteiger partial charge in [0.05, 0.1) is 11.5 Å². The molecule has 0 aliphatic carbocycles. The summed E-state index contributed by atoms with van der Waals surface area (Å²) in [7, 11) is 0. The molecular weight excluding hydrogens is 317 g/mol. The molecule has 130 valence electrons. The molecule has 0 rings (SSSR count). The van der Waals surface area contributed by atoms with Crippen LogP contribution in [0, 0.1) is 5.92 Å². The number of halogens is 2. The second-order valence-electron chi connectivity index (χ2n) is 4.97. The molecule has 0 fully saturated rings. The Balaban J connectivity index is -0.000000338. The van der Waals surface area contributed by atoms with Crippen LogP contribution >= 0.6 is 0 Å². The molecule has 4 nitrogen and oxygen atoms in total. The zero-order chi connectivity index (χ0) is 17.8. The number of carboxylic acid groups (broad SMARTS) is 2. The maximum absolute atomic E-state index is 12.4. The SMILES string of the molecule is C/C=C\C(=C/CC)C(=O)O.CCCC(CC(C)(F)F)C(=O)O.[NaH]. The van der Waals surface area contributed by atoms with Crippen molar-refractivity contribution in [2.24, 2.45) is 5.92 Å². The molecule has 0 radical (unpaired) electrons. The van der Waals surface area contributed by atoms with E-state index in [0.29, 0.717) is 18.4 Å². The topological polar surface area (TPSA) is 74.6 Å². The first-order chi connectivity index (χ1) is 10.1. The van der Waals surface area contributed by atoms with Gasteiger partial charge in [-0.1, -0.05) is 38.5 Å². The molecule has 0 spiro atoms. The van der Waals surface area contributed by atoms with Crippen molar-refractivity contribution >= 4 is 41.5 Å². The molecule has 0 bridgehead atoms. The van der Waals surface area contributed by atoms with Crippen molar-refractivity contribution in [3.05, 3.63) is 23.8 Å². The van der Waals surface area contributed by atoms with Gasteiger partial charge in [-0.3, -0.25) is 4.79 Å². The molecule has 0 heterocycles. The molecule has 1 unspecified atom stereocenters. The fraction of sp³-hybridized carbons (Fsp3) is 0.625. The quantitative estimate of drug-likeness (QED) is 0.398. The third-order valence-electron chi connectivity index (χ3n) is 2.61. The average Bonchev–Trinajstić information content (AvgIpc) is 2.37. The van der Waals surface area contributed by atoms with Crippen molar-refractivity contribution in [2.45, 2.75) is 59.3 Å². The van der Waals surface area contributed by atoms with Crippen molar-refractivity contribution in [1.82, 2.24) is 0 Å². The molecule has 0 saturated heterocycles. The van der Waals surface area contributed by atoms with Crippen molar-refractivity contribution in [1.29, 1.82) is 0 Å². The van der Waals surface area contributed by atoms with E-state index in [1.54, 1.807) is 32.1 Å². The summed E-state index contributed by atoms with van der Waals surface area (Å²) < 4.78 is 24.8. The number of allylic oxidation sites excluding steroid dienone is 2. The minimum atomic E-state index is -2.88. The monoisotopic (exact) mass is 344 g/mol. The number of hydrogen-bond donors (Lipinski definition) is 2. The van der Waals surface area contributed by atoms with Crippen molar-refractivity contribution in [3.8, 4) is 0 Å². The van der Waals surface area contributed by atoms with Crippen molar-refractivity contribution < 1.29 is 28.6 Å².